The van der Waals surface area contributed by atoms with Crippen LogP contribution in [0, 0.1) is 0 Å². The van der Waals surface area contributed by atoms with E-state index in [0.717, 1.165) is 10.5 Å². The molecule has 0 saturated carbocycles. The number of carbonyl (C=O) groups is 3. The molecule has 1 fully saturated rings. The SMILES string of the molecule is COC(=O)[C@@H]1CN(C(=O)CCc2ccccc2)C(=O)[N]1. The van der Waals surface area contributed by atoms with Gasteiger partial charge in [0.1, 0.15) is 0 Å². The lowest BCUT2D eigenvalue weighted by Crippen LogP contribution is -2.34. The summed E-state index contributed by atoms with van der Waals surface area (Å²) in [5, 5.41) is 3.61. The quantitative estimate of drug-likeness (QED) is 0.759. The van der Waals surface area contributed by atoms with Crippen LogP contribution in [0.3, 0.4) is 0 Å². The fourth-order valence-corrected chi connectivity index (χ4v) is 2.00. The van der Waals surface area contributed by atoms with E-state index in [2.05, 4.69) is 10.1 Å². The molecule has 3 amide bonds. The second-order valence-electron chi connectivity index (χ2n) is 4.44. The molecule has 0 bridgehead atoms. The summed E-state index contributed by atoms with van der Waals surface area (Å²) in [6.07, 6.45) is 0.755. The molecule has 1 aromatic rings. The average Bonchev–Trinajstić information content (AvgIpc) is 2.87. The maximum absolute atomic E-state index is 12.0. The number of benzene rings is 1. The first-order chi connectivity index (χ1) is 9.61. The molecule has 6 nitrogen and oxygen atoms in total. The van der Waals surface area contributed by atoms with E-state index in [-0.39, 0.29) is 18.9 Å². The van der Waals surface area contributed by atoms with Crippen molar-refractivity contribution in [2.75, 3.05) is 13.7 Å². The van der Waals surface area contributed by atoms with Crippen molar-refractivity contribution in [3.05, 3.63) is 35.9 Å². The summed E-state index contributed by atoms with van der Waals surface area (Å²) in [7, 11) is 1.22. The Balaban J connectivity index is 1.90. The van der Waals surface area contributed by atoms with E-state index in [0.29, 0.717) is 6.42 Å². The molecule has 1 saturated heterocycles. The van der Waals surface area contributed by atoms with Crippen LogP contribution < -0.4 is 5.32 Å². The topological polar surface area (TPSA) is 77.8 Å². The smallest absolute Gasteiger partial charge is 0.346 e. The van der Waals surface area contributed by atoms with Crippen molar-refractivity contribution < 1.29 is 19.1 Å². The Bertz CT molecular complexity index is 515. The van der Waals surface area contributed by atoms with Crippen LogP contribution in [0.2, 0.25) is 0 Å². The van der Waals surface area contributed by atoms with Gasteiger partial charge in [-0.25, -0.2) is 14.9 Å². The minimum Gasteiger partial charge on any atom is -0.467 e. The molecule has 0 unspecified atom stereocenters. The van der Waals surface area contributed by atoms with E-state index in [1.54, 1.807) is 0 Å². The minimum absolute atomic E-state index is 0.0286. The van der Waals surface area contributed by atoms with Gasteiger partial charge in [-0.3, -0.25) is 9.69 Å². The Morgan fingerprint density at radius 1 is 1.35 bits per heavy atom. The molecule has 105 valence electrons. The highest BCUT2D eigenvalue weighted by molar-refractivity contribution is 5.99. The largest absolute Gasteiger partial charge is 0.467 e. The number of hydrogen-bond donors (Lipinski definition) is 0. The molecule has 1 heterocycles. The Kier molecular flexibility index (Phi) is 4.34. The summed E-state index contributed by atoms with van der Waals surface area (Å²) in [6.45, 7) is -0.0286. The summed E-state index contributed by atoms with van der Waals surface area (Å²) >= 11 is 0. The highest BCUT2D eigenvalue weighted by Gasteiger charge is 2.39. The van der Waals surface area contributed by atoms with Gasteiger partial charge >= 0.3 is 12.0 Å². The number of urea groups is 1. The summed E-state index contributed by atoms with van der Waals surface area (Å²) in [5.41, 5.74) is 1.02. The second kappa shape index (κ2) is 6.18. The molecule has 20 heavy (non-hydrogen) atoms. The standard InChI is InChI=1S/C14H15N2O4/c1-20-13(18)11-9-16(14(19)15-11)12(17)8-7-10-5-3-2-4-6-10/h2-6,11H,7-9H2,1H3/t11-/m0/s1. The predicted octanol–water partition coefficient (Wildman–Crippen LogP) is 0.727. The molecule has 6 heteroatoms. The van der Waals surface area contributed by atoms with E-state index in [4.69, 9.17) is 0 Å². The zero-order chi connectivity index (χ0) is 14.5. The zero-order valence-corrected chi connectivity index (χ0v) is 11.1. The van der Waals surface area contributed by atoms with Gasteiger partial charge in [-0.1, -0.05) is 30.3 Å². The van der Waals surface area contributed by atoms with Gasteiger partial charge in [0, 0.05) is 6.42 Å². The molecule has 1 radical (unpaired) electrons. The lowest BCUT2D eigenvalue weighted by Gasteiger charge is -2.11. The number of ether oxygens (including phenoxy) is 1. The van der Waals surface area contributed by atoms with Gasteiger partial charge in [0.05, 0.1) is 13.7 Å². The van der Waals surface area contributed by atoms with Gasteiger partial charge in [0.2, 0.25) is 5.91 Å². The molecule has 1 aliphatic rings. The molecule has 1 aliphatic heterocycles. The van der Waals surface area contributed by atoms with Gasteiger partial charge in [-0.2, -0.15) is 0 Å². The second-order valence-corrected chi connectivity index (χ2v) is 4.44. The van der Waals surface area contributed by atoms with Gasteiger partial charge in [-0.05, 0) is 12.0 Å². The van der Waals surface area contributed by atoms with Gasteiger partial charge < -0.3 is 4.74 Å². The Hall–Kier alpha value is -2.37. The number of methoxy groups -OCH3 is 1. The third-order valence-electron chi connectivity index (χ3n) is 3.10. The van der Waals surface area contributed by atoms with Crippen LogP contribution >= 0.6 is 0 Å². The highest BCUT2D eigenvalue weighted by Crippen LogP contribution is 2.11. The lowest BCUT2D eigenvalue weighted by atomic mass is 10.1. The van der Waals surface area contributed by atoms with Crippen LogP contribution in [0.15, 0.2) is 30.3 Å². The summed E-state index contributed by atoms with van der Waals surface area (Å²) in [6, 6.07) is 7.95. The fourth-order valence-electron chi connectivity index (χ4n) is 2.00. The van der Waals surface area contributed by atoms with Crippen molar-refractivity contribution in [2.45, 2.75) is 18.9 Å². The van der Waals surface area contributed by atoms with Crippen molar-refractivity contribution in [1.29, 1.82) is 0 Å². The van der Waals surface area contributed by atoms with Crippen molar-refractivity contribution >= 4 is 17.9 Å². The first kappa shape index (κ1) is 14.0. The van der Waals surface area contributed by atoms with Crippen molar-refractivity contribution in [1.82, 2.24) is 10.2 Å². The van der Waals surface area contributed by atoms with E-state index in [9.17, 15) is 14.4 Å². The minimum atomic E-state index is -0.895. The fraction of sp³-hybridized carbons (Fsp3) is 0.357. The molecular formula is C14H15N2O4. The molecule has 2 rings (SSSR count). The third kappa shape index (κ3) is 3.14. The van der Waals surface area contributed by atoms with E-state index >= 15 is 0 Å². The maximum atomic E-state index is 12.0. The van der Waals surface area contributed by atoms with E-state index < -0.39 is 18.0 Å². The van der Waals surface area contributed by atoms with Crippen molar-refractivity contribution in [3.8, 4) is 0 Å². The number of hydrogen-bond acceptors (Lipinski definition) is 4. The summed E-state index contributed by atoms with van der Waals surface area (Å²) < 4.78 is 4.52. The van der Waals surface area contributed by atoms with Gasteiger partial charge in [-0.15, -0.1) is 0 Å². The molecule has 0 N–H and O–H groups in total. The monoisotopic (exact) mass is 275 g/mol. The van der Waals surface area contributed by atoms with Gasteiger partial charge in [0.15, 0.2) is 6.04 Å². The molecule has 0 aromatic heterocycles. The molecule has 1 aromatic carbocycles. The Labute approximate surface area is 116 Å². The molecule has 1 atom stereocenters. The molecule has 0 aliphatic carbocycles. The van der Waals surface area contributed by atoms with Crippen LogP contribution in [0.25, 0.3) is 0 Å². The van der Waals surface area contributed by atoms with E-state index in [1.165, 1.54) is 7.11 Å². The first-order valence-corrected chi connectivity index (χ1v) is 6.28. The van der Waals surface area contributed by atoms with Crippen LogP contribution in [-0.2, 0) is 20.7 Å². The van der Waals surface area contributed by atoms with Crippen LogP contribution in [-0.4, -0.2) is 42.5 Å². The number of rotatable bonds is 4. The van der Waals surface area contributed by atoms with E-state index in [1.807, 2.05) is 30.3 Å². The Morgan fingerprint density at radius 3 is 2.70 bits per heavy atom. The summed E-state index contributed by atoms with van der Waals surface area (Å²) in [4.78, 5) is 35.9. The number of nitrogens with zero attached hydrogens (tertiary/aromatic N) is 2. The number of aryl methyl sites for hydroxylation is 1. The number of imide groups is 1. The lowest BCUT2D eigenvalue weighted by molar-refractivity contribution is -0.142. The summed E-state index contributed by atoms with van der Waals surface area (Å²) in [5.74, 6) is -0.925. The predicted molar refractivity (Wildman–Crippen MR) is 69.8 cm³/mol. The normalized spacial score (nSPS) is 17.8. The third-order valence-corrected chi connectivity index (χ3v) is 3.10. The number of esters is 1. The Morgan fingerprint density at radius 2 is 2.05 bits per heavy atom. The number of carbonyl (C=O) groups excluding carboxylic acids is 3. The number of amides is 3. The zero-order valence-electron chi connectivity index (χ0n) is 11.1. The molecule has 0 spiro atoms. The van der Waals surface area contributed by atoms with Gasteiger partial charge in [0.25, 0.3) is 0 Å². The van der Waals surface area contributed by atoms with Crippen LogP contribution in [0.1, 0.15) is 12.0 Å². The van der Waals surface area contributed by atoms with Crippen molar-refractivity contribution in [2.24, 2.45) is 0 Å². The van der Waals surface area contributed by atoms with Crippen LogP contribution in [0.4, 0.5) is 4.79 Å². The highest BCUT2D eigenvalue weighted by atomic mass is 16.5. The first-order valence-electron chi connectivity index (χ1n) is 6.28. The molecular weight excluding hydrogens is 260 g/mol. The maximum Gasteiger partial charge on any atom is 0.346 e. The average molecular weight is 275 g/mol. The van der Waals surface area contributed by atoms with Crippen LogP contribution in [0.5, 0.6) is 0 Å². The van der Waals surface area contributed by atoms with Crippen molar-refractivity contribution in [3.63, 3.8) is 0 Å².